The number of aryl methyl sites for hydroxylation is 2. The molecule has 0 bridgehead atoms. The fraction of sp³-hybridized carbons (Fsp3) is 0.500. The lowest BCUT2D eigenvalue weighted by molar-refractivity contribution is -0.0508. The van der Waals surface area contributed by atoms with Crippen molar-refractivity contribution in [1.29, 1.82) is 0 Å². The Bertz CT molecular complexity index is 296. The van der Waals surface area contributed by atoms with Crippen LogP contribution in [0, 0.1) is 19.8 Å². The van der Waals surface area contributed by atoms with Gasteiger partial charge in [-0.2, -0.15) is 0 Å². The van der Waals surface area contributed by atoms with Crippen molar-refractivity contribution < 1.29 is 9.47 Å². The topological polar surface area (TPSA) is 18.5 Å². The molecule has 1 fully saturated rings. The molecule has 0 aromatic heterocycles. The van der Waals surface area contributed by atoms with E-state index in [0.717, 1.165) is 25.6 Å². The van der Waals surface area contributed by atoms with Crippen LogP contribution in [0.2, 0.25) is 0 Å². The molecule has 0 N–H and O–H groups in total. The van der Waals surface area contributed by atoms with E-state index in [-0.39, 0.29) is 0 Å². The molecule has 0 aliphatic carbocycles. The summed E-state index contributed by atoms with van der Waals surface area (Å²) in [7, 11) is 0. The molecule has 0 saturated carbocycles. The average molecular weight is 192 g/mol. The van der Waals surface area contributed by atoms with E-state index in [4.69, 9.17) is 9.47 Å². The molecule has 76 valence electrons. The smallest absolute Gasteiger partial charge is 0.119 e. The number of hydrogen-bond donors (Lipinski definition) is 0. The first-order valence-electron chi connectivity index (χ1n) is 5.03. The first-order valence-corrected chi connectivity index (χ1v) is 5.03. The highest BCUT2D eigenvalue weighted by molar-refractivity contribution is 5.32. The van der Waals surface area contributed by atoms with E-state index in [1.807, 2.05) is 0 Å². The molecule has 0 spiro atoms. The highest BCUT2D eigenvalue weighted by Crippen LogP contribution is 2.18. The minimum Gasteiger partial charge on any atom is -0.493 e. The summed E-state index contributed by atoms with van der Waals surface area (Å²) in [6.07, 6.45) is 0. The second kappa shape index (κ2) is 4.01. The van der Waals surface area contributed by atoms with Gasteiger partial charge in [0.25, 0.3) is 0 Å². The third-order valence-corrected chi connectivity index (χ3v) is 2.39. The lowest BCUT2D eigenvalue weighted by Gasteiger charge is -2.25. The van der Waals surface area contributed by atoms with Crippen molar-refractivity contribution in [2.45, 2.75) is 13.8 Å². The van der Waals surface area contributed by atoms with Crippen LogP contribution in [0.25, 0.3) is 0 Å². The van der Waals surface area contributed by atoms with Gasteiger partial charge in [0.05, 0.1) is 19.8 Å². The molecule has 1 saturated heterocycles. The molecular weight excluding hydrogens is 176 g/mol. The second-order valence-electron chi connectivity index (χ2n) is 4.04. The first-order chi connectivity index (χ1) is 6.74. The van der Waals surface area contributed by atoms with Gasteiger partial charge in [0.1, 0.15) is 5.75 Å². The average Bonchev–Trinajstić information content (AvgIpc) is 1.99. The molecule has 1 heterocycles. The Morgan fingerprint density at radius 1 is 1.21 bits per heavy atom. The van der Waals surface area contributed by atoms with Gasteiger partial charge in [-0.1, -0.05) is 6.07 Å². The Kier molecular flexibility index (Phi) is 2.73. The summed E-state index contributed by atoms with van der Waals surface area (Å²) in [6.45, 7) is 6.66. The first kappa shape index (κ1) is 9.53. The maximum Gasteiger partial charge on any atom is 0.119 e. The monoisotopic (exact) mass is 192 g/mol. The van der Waals surface area contributed by atoms with Gasteiger partial charge in [-0.15, -0.1) is 0 Å². The predicted octanol–water partition coefficient (Wildman–Crippen LogP) is 2.33. The molecule has 2 nitrogen and oxygen atoms in total. The van der Waals surface area contributed by atoms with E-state index < -0.39 is 0 Å². The summed E-state index contributed by atoms with van der Waals surface area (Å²) in [5.74, 6) is 1.57. The normalized spacial score (nSPS) is 16.4. The summed E-state index contributed by atoms with van der Waals surface area (Å²) in [5, 5.41) is 0. The van der Waals surface area contributed by atoms with Crippen molar-refractivity contribution in [3.8, 4) is 5.75 Å². The van der Waals surface area contributed by atoms with Crippen molar-refractivity contribution in [2.24, 2.45) is 5.92 Å². The minimum atomic E-state index is 0.593. The zero-order valence-corrected chi connectivity index (χ0v) is 8.75. The lowest BCUT2D eigenvalue weighted by atomic mass is 10.1. The summed E-state index contributed by atoms with van der Waals surface area (Å²) in [6, 6.07) is 6.30. The van der Waals surface area contributed by atoms with Crippen LogP contribution in [0.4, 0.5) is 0 Å². The van der Waals surface area contributed by atoms with Crippen LogP contribution in [0.1, 0.15) is 11.1 Å². The van der Waals surface area contributed by atoms with E-state index in [1.54, 1.807) is 0 Å². The third-order valence-electron chi connectivity index (χ3n) is 2.39. The van der Waals surface area contributed by atoms with Crippen LogP contribution in [-0.2, 0) is 4.74 Å². The molecule has 2 rings (SSSR count). The van der Waals surface area contributed by atoms with Gasteiger partial charge in [-0.3, -0.25) is 0 Å². The van der Waals surface area contributed by atoms with Gasteiger partial charge in [-0.05, 0) is 37.1 Å². The molecule has 14 heavy (non-hydrogen) atoms. The predicted molar refractivity (Wildman–Crippen MR) is 55.7 cm³/mol. The van der Waals surface area contributed by atoms with Crippen LogP contribution in [0.15, 0.2) is 18.2 Å². The summed E-state index contributed by atoms with van der Waals surface area (Å²) in [4.78, 5) is 0. The number of ether oxygens (including phenoxy) is 2. The molecular formula is C12H16O2. The Hall–Kier alpha value is -1.02. The Balaban J connectivity index is 1.94. The Labute approximate surface area is 84.8 Å². The van der Waals surface area contributed by atoms with E-state index in [9.17, 15) is 0 Å². The van der Waals surface area contributed by atoms with Gasteiger partial charge in [0, 0.05) is 5.92 Å². The van der Waals surface area contributed by atoms with Crippen LogP contribution in [0.3, 0.4) is 0 Å². The quantitative estimate of drug-likeness (QED) is 0.731. The highest BCUT2D eigenvalue weighted by atomic mass is 16.5. The SMILES string of the molecule is Cc1cc(C)cc(OCC2COC2)c1. The van der Waals surface area contributed by atoms with Crippen LogP contribution < -0.4 is 4.74 Å². The summed E-state index contributed by atoms with van der Waals surface area (Å²) >= 11 is 0. The molecule has 1 aliphatic heterocycles. The molecule has 1 aromatic carbocycles. The van der Waals surface area contributed by atoms with Crippen molar-refractivity contribution in [3.05, 3.63) is 29.3 Å². The van der Waals surface area contributed by atoms with Crippen molar-refractivity contribution in [2.75, 3.05) is 19.8 Å². The molecule has 0 amide bonds. The van der Waals surface area contributed by atoms with Crippen molar-refractivity contribution >= 4 is 0 Å². The van der Waals surface area contributed by atoms with Crippen molar-refractivity contribution in [3.63, 3.8) is 0 Å². The van der Waals surface area contributed by atoms with Crippen LogP contribution in [0.5, 0.6) is 5.75 Å². The summed E-state index contributed by atoms with van der Waals surface area (Å²) in [5.41, 5.74) is 2.51. The third kappa shape index (κ3) is 2.26. The van der Waals surface area contributed by atoms with Gasteiger partial charge in [-0.25, -0.2) is 0 Å². The Morgan fingerprint density at radius 3 is 2.36 bits per heavy atom. The Morgan fingerprint density at radius 2 is 1.86 bits per heavy atom. The van der Waals surface area contributed by atoms with Crippen molar-refractivity contribution in [1.82, 2.24) is 0 Å². The molecule has 2 heteroatoms. The highest BCUT2D eigenvalue weighted by Gasteiger charge is 2.18. The second-order valence-corrected chi connectivity index (χ2v) is 4.04. The number of hydrogen-bond acceptors (Lipinski definition) is 2. The summed E-state index contributed by atoms with van der Waals surface area (Å²) < 4.78 is 10.8. The van der Waals surface area contributed by atoms with Crippen LogP contribution in [-0.4, -0.2) is 19.8 Å². The van der Waals surface area contributed by atoms with E-state index >= 15 is 0 Å². The minimum absolute atomic E-state index is 0.593. The molecule has 0 radical (unpaired) electrons. The van der Waals surface area contributed by atoms with Gasteiger partial charge in [0.2, 0.25) is 0 Å². The van der Waals surface area contributed by atoms with Gasteiger partial charge >= 0.3 is 0 Å². The van der Waals surface area contributed by atoms with E-state index in [2.05, 4.69) is 32.0 Å². The fourth-order valence-corrected chi connectivity index (χ4v) is 1.61. The fourth-order valence-electron chi connectivity index (χ4n) is 1.61. The largest absolute Gasteiger partial charge is 0.493 e. The maximum atomic E-state index is 5.69. The molecule has 1 aliphatic rings. The van der Waals surface area contributed by atoms with E-state index in [1.165, 1.54) is 11.1 Å². The maximum absolute atomic E-state index is 5.69. The zero-order valence-electron chi connectivity index (χ0n) is 8.75. The van der Waals surface area contributed by atoms with Gasteiger partial charge < -0.3 is 9.47 Å². The molecule has 0 unspecified atom stereocenters. The zero-order chi connectivity index (χ0) is 9.97. The molecule has 0 atom stereocenters. The standard InChI is InChI=1S/C12H16O2/c1-9-3-10(2)5-12(4-9)14-8-11-6-13-7-11/h3-5,11H,6-8H2,1-2H3. The molecule has 1 aromatic rings. The lowest BCUT2D eigenvalue weighted by Crippen LogP contribution is -2.32. The van der Waals surface area contributed by atoms with Crippen LogP contribution >= 0.6 is 0 Å². The number of rotatable bonds is 3. The van der Waals surface area contributed by atoms with E-state index in [0.29, 0.717) is 5.92 Å². The number of benzene rings is 1. The van der Waals surface area contributed by atoms with Gasteiger partial charge in [0.15, 0.2) is 0 Å².